The van der Waals surface area contributed by atoms with E-state index in [0.717, 1.165) is 67.6 Å². The molecule has 7 heteroatoms. The first-order valence-corrected chi connectivity index (χ1v) is 12.2. The fourth-order valence-electron chi connectivity index (χ4n) is 4.44. The fraction of sp³-hybridized carbons (Fsp3) is 0.435. The summed E-state index contributed by atoms with van der Waals surface area (Å²) in [5, 5.41) is 6.28. The number of nitrogens with one attached hydrogen (secondary N) is 3. The maximum absolute atomic E-state index is 13.2. The molecule has 4 rings (SSSR count). The maximum Gasteiger partial charge on any atom is 0.255 e. The number of aryl methyl sites for hydroxylation is 1. The van der Waals surface area contributed by atoms with Gasteiger partial charge in [0.2, 0.25) is 10.0 Å². The predicted octanol–water partition coefficient (Wildman–Crippen LogP) is 3.16. The number of fused-ring (bicyclic) bond motifs is 1. The summed E-state index contributed by atoms with van der Waals surface area (Å²) in [7, 11) is -3.60. The van der Waals surface area contributed by atoms with Gasteiger partial charge in [-0.25, -0.2) is 13.1 Å². The lowest BCUT2D eigenvalue weighted by atomic mass is 9.90. The van der Waals surface area contributed by atoms with Crippen molar-refractivity contribution in [2.24, 2.45) is 0 Å². The highest BCUT2D eigenvalue weighted by Gasteiger charge is 2.28. The van der Waals surface area contributed by atoms with Crippen molar-refractivity contribution in [3.8, 4) is 0 Å². The van der Waals surface area contributed by atoms with E-state index < -0.39 is 10.0 Å². The lowest BCUT2D eigenvalue weighted by Gasteiger charge is -2.26. The van der Waals surface area contributed by atoms with Gasteiger partial charge in [-0.15, -0.1) is 0 Å². The van der Waals surface area contributed by atoms with Gasteiger partial charge < -0.3 is 10.6 Å². The number of hydrogen-bond acceptors (Lipinski definition) is 4. The van der Waals surface area contributed by atoms with Crippen LogP contribution in [-0.2, 0) is 22.9 Å². The summed E-state index contributed by atoms with van der Waals surface area (Å²) in [5.74, 6) is -0.163. The zero-order valence-electron chi connectivity index (χ0n) is 17.3. The molecule has 1 heterocycles. The Kier molecular flexibility index (Phi) is 6.22. The van der Waals surface area contributed by atoms with Crippen LogP contribution in [-0.4, -0.2) is 33.5 Å². The Hall–Kier alpha value is -2.22. The van der Waals surface area contributed by atoms with Gasteiger partial charge in [-0.2, -0.15) is 0 Å². The molecule has 6 nitrogen and oxygen atoms in total. The number of hydrogen-bond donors (Lipinski definition) is 3. The molecule has 1 aliphatic heterocycles. The van der Waals surface area contributed by atoms with Gasteiger partial charge in [0.1, 0.15) is 0 Å². The highest BCUT2D eigenvalue weighted by Crippen LogP contribution is 2.33. The number of carbonyl (C=O) groups excluding carboxylic acids is 1. The zero-order valence-corrected chi connectivity index (χ0v) is 18.1. The minimum atomic E-state index is -3.60. The Balaban J connectivity index is 1.63. The monoisotopic (exact) mass is 427 g/mol. The number of sulfonamides is 1. The van der Waals surface area contributed by atoms with E-state index >= 15 is 0 Å². The summed E-state index contributed by atoms with van der Waals surface area (Å²) in [4.78, 5) is 13.2. The van der Waals surface area contributed by atoms with Crippen molar-refractivity contribution in [2.45, 2.75) is 56.4 Å². The van der Waals surface area contributed by atoms with E-state index in [2.05, 4.69) is 15.4 Å². The summed E-state index contributed by atoms with van der Waals surface area (Å²) in [5.41, 5.74) is 4.07. The minimum absolute atomic E-state index is 0.0316. The Bertz CT molecular complexity index is 1040. The van der Waals surface area contributed by atoms with Crippen LogP contribution in [0, 0.1) is 6.92 Å². The van der Waals surface area contributed by atoms with Crippen LogP contribution in [0.15, 0.2) is 41.3 Å². The molecule has 0 saturated carbocycles. The lowest BCUT2D eigenvalue weighted by molar-refractivity contribution is 0.102. The zero-order chi connectivity index (χ0) is 21.1. The van der Waals surface area contributed by atoms with Gasteiger partial charge in [-0.3, -0.25) is 4.79 Å². The first kappa shape index (κ1) is 21.0. The van der Waals surface area contributed by atoms with Crippen molar-refractivity contribution >= 4 is 21.6 Å². The second-order valence-electron chi connectivity index (χ2n) is 8.19. The van der Waals surface area contributed by atoms with E-state index in [9.17, 15) is 13.2 Å². The molecule has 0 radical (unpaired) electrons. The predicted molar refractivity (Wildman–Crippen MR) is 118 cm³/mol. The van der Waals surface area contributed by atoms with Gasteiger partial charge in [0.25, 0.3) is 5.91 Å². The van der Waals surface area contributed by atoms with Crippen molar-refractivity contribution < 1.29 is 13.2 Å². The van der Waals surface area contributed by atoms with Crippen LogP contribution < -0.4 is 15.4 Å². The highest BCUT2D eigenvalue weighted by atomic mass is 32.2. The molecular formula is C23H29N3O3S. The average molecular weight is 428 g/mol. The summed E-state index contributed by atoms with van der Waals surface area (Å²) >= 11 is 0. The smallest absolute Gasteiger partial charge is 0.255 e. The quantitative estimate of drug-likeness (QED) is 0.684. The van der Waals surface area contributed by atoms with Crippen LogP contribution in [0.3, 0.4) is 0 Å². The van der Waals surface area contributed by atoms with E-state index in [-0.39, 0.29) is 11.9 Å². The van der Waals surface area contributed by atoms with Crippen molar-refractivity contribution in [3.05, 3.63) is 58.7 Å². The molecule has 2 aromatic carbocycles. The SMILES string of the molecule is Cc1ccccc1C(=O)Nc1ccc(S(=O)(=O)NC2CCNCC2)c2c1CCCC2. The van der Waals surface area contributed by atoms with Crippen molar-refractivity contribution in [3.63, 3.8) is 0 Å². The summed E-state index contributed by atoms with van der Waals surface area (Å²) in [6.07, 6.45) is 5.03. The van der Waals surface area contributed by atoms with Gasteiger partial charge in [0.15, 0.2) is 0 Å². The normalized spacial score (nSPS) is 17.4. The average Bonchev–Trinajstić information content (AvgIpc) is 2.74. The van der Waals surface area contributed by atoms with E-state index in [1.54, 1.807) is 18.2 Å². The van der Waals surface area contributed by atoms with Crippen LogP contribution in [0.5, 0.6) is 0 Å². The highest BCUT2D eigenvalue weighted by molar-refractivity contribution is 7.89. The second-order valence-corrected chi connectivity index (χ2v) is 9.87. The molecule has 30 heavy (non-hydrogen) atoms. The number of amides is 1. The third-order valence-electron chi connectivity index (χ3n) is 6.08. The van der Waals surface area contributed by atoms with Gasteiger partial charge in [0.05, 0.1) is 4.90 Å². The summed E-state index contributed by atoms with van der Waals surface area (Å²) in [6, 6.07) is 10.8. The molecule has 0 unspecified atom stereocenters. The molecule has 1 aliphatic carbocycles. The molecular weight excluding hydrogens is 398 g/mol. The Morgan fingerprint density at radius 2 is 1.70 bits per heavy atom. The number of benzene rings is 2. The minimum Gasteiger partial charge on any atom is -0.322 e. The molecule has 2 aromatic rings. The van der Waals surface area contributed by atoms with E-state index in [0.29, 0.717) is 16.9 Å². The number of rotatable bonds is 5. The molecule has 0 spiro atoms. The topological polar surface area (TPSA) is 87.3 Å². The Morgan fingerprint density at radius 3 is 2.43 bits per heavy atom. The fourth-order valence-corrected chi connectivity index (χ4v) is 6.04. The van der Waals surface area contributed by atoms with Gasteiger partial charge >= 0.3 is 0 Å². The molecule has 0 aromatic heterocycles. The molecule has 3 N–H and O–H groups in total. The largest absolute Gasteiger partial charge is 0.322 e. The van der Waals surface area contributed by atoms with Crippen molar-refractivity contribution in [1.29, 1.82) is 0 Å². The third kappa shape index (κ3) is 4.43. The van der Waals surface area contributed by atoms with E-state index in [1.807, 2.05) is 25.1 Å². The van der Waals surface area contributed by atoms with E-state index in [4.69, 9.17) is 0 Å². The van der Waals surface area contributed by atoms with Crippen LogP contribution in [0.1, 0.15) is 52.7 Å². The second kappa shape index (κ2) is 8.88. The summed E-state index contributed by atoms with van der Waals surface area (Å²) < 4.78 is 29.2. The van der Waals surface area contributed by atoms with Crippen LogP contribution in [0.25, 0.3) is 0 Å². The molecule has 0 bridgehead atoms. The number of anilines is 1. The number of carbonyl (C=O) groups is 1. The van der Waals surface area contributed by atoms with Crippen LogP contribution in [0.2, 0.25) is 0 Å². The molecule has 1 amide bonds. The molecule has 0 atom stereocenters. The Labute approximate surface area is 178 Å². The van der Waals surface area contributed by atoms with Gasteiger partial charge in [-0.05, 0) is 93.4 Å². The van der Waals surface area contributed by atoms with Crippen LogP contribution in [0.4, 0.5) is 5.69 Å². The summed E-state index contributed by atoms with van der Waals surface area (Å²) in [6.45, 7) is 3.57. The van der Waals surface area contributed by atoms with Crippen LogP contribution >= 0.6 is 0 Å². The Morgan fingerprint density at radius 1 is 1.00 bits per heavy atom. The maximum atomic E-state index is 13.2. The van der Waals surface area contributed by atoms with Crippen molar-refractivity contribution in [2.75, 3.05) is 18.4 Å². The first-order valence-electron chi connectivity index (χ1n) is 10.7. The van der Waals surface area contributed by atoms with Gasteiger partial charge in [0, 0.05) is 17.3 Å². The number of piperidine rings is 1. The standard InChI is InChI=1S/C23H29N3O3S/c1-16-6-2-3-7-18(16)23(27)25-21-10-11-22(20-9-5-4-8-19(20)21)30(28,29)26-17-12-14-24-15-13-17/h2-3,6-7,10-11,17,24,26H,4-5,8-9,12-15H2,1H3,(H,25,27). The van der Waals surface area contributed by atoms with Crippen molar-refractivity contribution in [1.82, 2.24) is 10.0 Å². The molecule has 160 valence electrons. The third-order valence-corrected chi connectivity index (χ3v) is 7.69. The molecule has 2 aliphatic rings. The first-order chi connectivity index (χ1) is 14.5. The molecule has 1 saturated heterocycles. The lowest BCUT2D eigenvalue weighted by Crippen LogP contribution is -2.43. The molecule has 1 fully saturated rings. The van der Waals surface area contributed by atoms with Gasteiger partial charge in [-0.1, -0.05) is 18.2 Å². The van der Waals surface area contributed by atoms with E-state index in [1.165, 1.54) is 0 Å².